The SMILES string of the molecule is CCC1CCC(N2CCC(C(C)N)CC2)C1. The smallest absolute Gasteiger partial charge is 0.00979 e. The van der Waals surface area contributed by atoms with Crippen LogP contribution in [0, 0.1) is 11.8 Å². The lowest BCUT2D eigenvalue weighted by Crippen LogP contribution is -2.43. The van der Waals surface area contributed by atoms with Gasteiger partial charge >= 0.3 is 0 Å². The maximum Gasteiger partial charge on any atom is 0.00979 e. The highest BCUT2D eigenvalue weighted by molar-refractivity contribution is 4.86. The first-order chi connectivity index (χ1) is 7.70. The molecule has 1 heterocycles. The van der Waals surface area contributed by atoms with Crippen LogP contribution in [-0.4, -0.2) is 30.1 Å². The Hall–Kier alpha value is -0.0800. The molecule has 2 fully saturated rings. The predicted molar refractivity (Wildman–Crippen MR) is 69.4 cm³/mol. The third-order valence-electron chi connectivity index (χ3n) is 4.93. The Morgan fingerprint density at radius 2 is 1.88 bits per heavy atom. The molecule has 0 aromatic heterocycles. The minimum Gasteiger partial charge on any atom is -0.328 e. The molecule has 1 aliphatic heterocycles. The van der Waals surface area contributed by atoms with Gasteiger partial charge in [-0.2, -0.15) is 0 Å². The number of nitrogens with two attached hydrogens (primary N) is 1. The first-order valence-electron chi connectivity index (χ1n) is 7.20. The summed E-state index contributed by atoms with van der Waals surface area (Å²) in [6.45, 7) is 7.11. The van der Waals surface area contributed by atoms with Crippen LogP contribution in [0.15, 0.2) is 0 Å². The molecular formula is C14H28N2. The second-order valence-corrected chi connectivity index (χ2v) is 5.97. The average molecular weight is 224 g/mol. The standard InChI is InChI=1S/C14H28N2/c1-3-12-4-5-14(10-12)16-8-6-13(7-9-16)11(2)15/h11-14H,3-10,15H2,1-2H3. The number of likely N-dealkylation sites (tertiary alicyclic amines) is 1. The van der Waals surface area contributed by atoms with Crippen LogP contribution in [0.3, 0.4) is 0 Å². The molecule has 94 valence electrons. The zero-order chi connectivity index (χ0) is 11.5. The van der Waals surface area contributed by atoms with E-state index < -0.39 is 0 Å². The number of piperidine rings is 1. The molecule has 1 saturated heterocycles. The lowest BCUT2D eigenvalue weighted by atomic mass is 9.90. The van der Waals surface area contributed by atoms with Crippen molar-refractivity contribution in [1.29, 1.82) is 0 Å². The number of nitrogens with zero attached hydrogens (tertiary/aromatic N) is 1. The van der Waals surface area contributed by atoms with E-state index in [1.54, 1.807) is 0 Å². The van der Waals surface area contributed by atoms with E-state index in [-0.39, 0.29) is 0 Å². The predicted octanol–water partition coefficient (Wildman–Crippen LogP) is 2.62. The molecule has 2 N–H and O–H groups in total. The van der Waals surface area contributed by atoms with Gasteiger partial charge in [-0.05, 0) is 64.0 Å². The van der Waals surface area contributed by atoms with Gasteiger partial charge in [0, 0.05) is 12.1 Å². The van der Waals surface area contributed by atoms with Crippen LogP contribution in [0.4, 0.5) is 0 Å². The zero-order valence-corrected chi connectivity index (χ0v) is 11.0. The third-order valence-corrected chi connectivity index (χ3v) is 4.93. The molecule has 0 radical (unpaired) electrons. The lowest BCUT2D eigenvalue weighted by molar-refractivity contribution is 0.124. The molecule has 0 aromatic carbocycles. The third kappa shape index (κ3) is 2.78. The summed E-state index contributed by atoms with van der Waals surface area (Å²) in [4.78, 5) is 2.74. The highest BCUT2D eigenvalue weighted by Crippen LogP contribution is 2.33. The van der Waals surface area contributed by atoms with E-state index in [1.807, 2.05) is 0 Å². The quantitative estimate of drug-likeness (QED) is 0.798. The average Bonchev–Trinajstić information content (AvgIpc) is 2.77. The summed E-state index contributed by atoms with van der Waals surface area (Å²) in [5.41, 5.74) is 5.99. The van der Waals surface area contributed by atoms with E-state index in [1.165, 1.54) is 51.6 Å². The molecule has 0 bridgehead atoms. The van der Waals surface area contributed by atoms with Crippen molar-refractivity contribution >= 4 is 0 Å². The van der Waals surface area contributed by atoms with Crippen molar-refractivity contribution in [2.24, 2.45) is 17.6 Å². The van der Waals surface area contributed by atoms with Crippen molar-refractivity contribution in [2.75, 3.05) is 13.1 Å². The summed E-state index contributed by atoms with van der Waals surface area (Å²) in [5.74, 6) is 1.79. The lowest BCUT2D eigenvalue weighted by Gasteiger charge is -2.37. The summed E-state index contributed by atoms with van der Waals surface area (Å²) < 4.78 is 0. The van der Waals surface area contributed by atoms with Crippen molar-refractivity contribution in [3.63, 3.8) is 0 Å². The molecule has 2 rings (SSSR count). The van der Waals surface area contributed by atoms with E-state index in [0.29, 0.717) is 6.04 Å². The fourth-order valence-electron chi connectivity index (χ4n) is 3.56. The highest BCUT2D eigenvalue weighted by Gasteiger charge is 2.31. The first kappa shape index (κ1) is 12.4. The van der Waals surface area contributed by atoms with Crippen LogP contribution in [0.5, 0.6) is 0 Å². The van der Waals surface area contributed by atoms with Crippen LogP contribution in [-0.2, 0) is 0 Å². The Bertz CT molecular complexity index is 207. The van der Waals surface area contributed by atoms with E-state index in [4.69, 9.17) is 5.73 Å². The van der Waals surface area contributed by atoms with E-state index in [9.17, 15) is 0 Å². The van der Waals surface area contributed by atoms with Crippen molar-refractivity contribution in [2.45, 2.75) is 64.5 Å². The molecule has 1 aliphatic carbocycles. The van der Waals surface area contributed by atoms with Gasteiger partial charge in [-0.15, -0.1) is 0 Å². The number of rotatable bonds is 3. The molecule has 0 aromatic rings. The molecule has 0 spiro atoms. The highest BCUT2D eigenvalue weighted by atomic mass is 15.2. The topological polar surface area (TPSA) is 29.3 Å². The number of hydrogen-bond donors (Lipinski definition) is 1. The summed E-state index contributed by atoms with van der Waals surface area (Å²) in [7, 11) is 0. The first-order valence-corrected chi connectivity index (χ1v) is 7.20. The van der Waals surface area contributed by atoms with Gasteiger partial charge in [-0.1, -0.05) is 13.3 Å². The Kier molecular flexibility index (Phi) is 4.26. The second-order valence-electron chi connectivity index (χ2n) is 5.97. The summed E-state index contributed by atoms with van der Waals surface area (Å²) >= 11 is 0. The monoisotopic (exact) mass is 224 g/mol. The Morgan fingerprint density at radius 1 is 1.19 bits per heavy atom. The molecular weight excluding hydrogens is 196 g/mol. The second kappa shape index (κ2) is 5.50. The largest absolute Gasteiger partial charge is 0.328 e. The van der Waals surface area contributed by atoms with Crippen LogP contribution >= 0.6 is 0 Å². The fourth-order valence-corrected chi connectivity index (χ4v) is 3.56. The molecule has 2 heteroatoms. The van der Waals surface area contributed by atoms with Gasteiger partial charge in [0.25, 0.3) is 0 Å². The summed E-state index contributed by atoms with van der Waals surface area (Å²) in [5, 5.41) is 0. The minimum atomic E-state index is 0.397. The molecule has 2 nitrogen and oxygen atoms in total. The van der Waals surface area contributed by atoms with Gasteiger partial charge in [0.15, 0.2) is 0 Å². The zero-order valence-electron chi connectivity index (χ0n) is 11.0. The Labute approximate surface area is 101 Å². The van der Waals surface area contributed by atoms with Crippen molar-refractivity contribution in [3.8, 4) is 0 Å². The van der Waals surface area contributed by atoms with Gasteiger partial charge in [0.2, 0.25) is 0 Å². The van der Waals surface area contributed by atoms with Gasteiger partial charge < -0.3 is 10.6 Å². The Morgan fingerprint density at radius 3 is 2.38 bits per heavy atom. The molecule has 3 atom stereocenters. The van der Waals surface area contributed by atoms with E-state index >= 15 is 0 Å². The van der Waals surface area contributed by atoms with Crippen molar-refractivity contribution in [1.82, 2.24) is 4.90 Å². The molecule has 16 heavy (non-hydrogen) atoms. The van der Waals surface area contributed by atoms with Crippen LogP contribution < -0.4 is 5.73 Å². The van der Waals surface area contributed by atoms with Crippen LogP contribution in [0.25, 0.3) is 0 Å². The normalized spacial score (nSPS) is 35.4. The Balaban J connectivity index is 1.77. The molecule has 1 saturated carbocycles. The summed E-state index contributed by atoms with van der Waals surface area (Å²) in [6.07, 6.45) is 8.40. The minimum absolute atomic E-state index is 0.397. The number of hydrogen-bond acceptors (Lipinski definition) is 2. The van der Waals surface area contributed by atoms with Gasteiger partial charge in [0.1, 0.15) is 0 Å². The van der Waals surface area contributed by atoms with Crippen molar-refractivity contribution in [3.05, 3.63) is 0 Å². The maximum absolute atomic E-state index is 5.99. The van der Waals surface area contributed by atoms with Gasteiger partial charge in [-0.3, -0.25) is 0 Å². The van der Waals surface area contributed by atoms with Gasteiger partial charge in [-0.25, -0.2) is 0 Å². The maximum atomic E-state index is 5.99. The summed E-state index contributed by atoms with van der Waals surface area (Å²) in [6, 6.07) is 1.30. The van der Waals surface area contributed by atoms with E-state index in [0.717, 1.165) is 17.9 Å². The fraction of sp³-hybridized carbons (Fsp3) is 1.00. The van der Waals surface area contributed by atoms with Crippen LogP contribution in [0.2, 0.25) is 0 Å². The molecule has 3 unspecified atom stereocenters. The van der Waals surface area contributed by atoms with Crippen molar-refractivity contribution < 1.29 is 0 Å². The van der Waals surface area contributed by atoms with E-state index in [2.05, 4.69) is 18.7 Å². The van der Waals surface area contributed by atoms with Crippen LogP contribution in [0.1, 0.15) is 52.4 Å². The molecule has 0 amide bonds. The molecule has 2 aliphatic rings. The van der Waals surface area contributed by atoms with Gasteiger partial charge in [0.05, 0.1) is 0 Å².